The topological polar surface area (TPSA) is 59.9 Å². The Kier molecular flexibility index (Phi) is 2.53. The second-order valence-electron chi connectivity index (χ2n) is 3.20. The molecule has 0 atom stereocenters. The van der Waals surface area contributed by atoms with Crippen LogP contribution < -0.4 is 0 Å². The number of carbonyl (C=O) groups excluding carboxylic acids is 1. The molecule has 2 aromatic heterocycles. The molecule has 5 nitrogen and oxygen atoms in total. The molecule has 0 aliphatic heterocycles. The largest absolute Gasteiger partial charge is 0.457 e. The molecule has 15 heavy (non-hydrogen) atoms. The zero-order chi connectivity index (χ0) is 10.7. The van der Waals surface area contributed by atoms with Crippen molar-refractivity contribution in [2.24, 2.45) is 7.05 Å². The first-order chi connectivity index (χ1) is 7.25. The lowest BCUT2D eigenvalue weighted by molar-refractivity contribution is 0.0473. The molecule has 78 valence electrons. The minimum Gasteiger partial charge on any atom is -0.457 e. The van der Waals surface area contributed by atoms with Crippen LogP contribution in [0.4, 0.5) is 0 Å². The third kappa shape index (κ3) is 2.25. The lowest BCUT2D eigenvalue weighted by atomic mass is 10.3. The van der Waals surface area contributed by atoms with Crippen LogP contribution in [0.3, 0.4) is 0 Å². The maximum atomic E-state index is 11.4. The summed E-state index contributed by atoms with van der Waals surface area (Å²) in [7, 11) is 1.82. The SMILES string of the molecule is Cn1cc(COC(=O)c2cc[nH]c2)cn1. The third-order valence-corrected chi connectivity index (χ3v) is 1.96. The van der Waals surface area contributed by atoms with Gasteiger partial charge in [-0.05, 0) is 6.07 Å². The molecule has 2 heterocycles. The fourth-order valence-electron chi connectivity index (χ4n) is 1.23. The number of H-pyrrole nitrogens is 1. The molecule has 2 aromatic rings. The van der Waals surface area contributed by atoms with E-state index in [1.807, 2.05) is 13.2 Å². The van der Waals surface area contributed by atoms with Gasteiger partial charge in [0, 0.05) is 31.2 Å². The van der Waals surface area contributed by atoms with Gasteiger partial charge in [0.1, 0.15) is 6.61 Å². The number of hydrogen-bond acceptors (Lipinski definition) is 3. The number of carbonyl (C=O) groups is 1. The maximum absolute atomic E-state index is 11.4. The van der Waals surface area contributed by atoms with E-state index < -0.39 is 0 Å². The van der Waals surface area contributed by atoms with Crippen LogP contribution in [0.2, 0.25) is 0 Å². The van der Waals surface area contributed by atoms with Gasteiger partial charge in [0.25, 0.3) is 0 Å². The quantitative estimate of drug-likeness (QED) is 0.763. The molecule has 0 spiro atoms. The van der Waals surface area contributed by atoms with E-state index in [0.717, 1.165) is 5.56 Å². The first kappa shape index (κ1) is 9.51. The molecule has 0 unspecified atom stereocenters. The van der Waals surface area contributed by atoms with Crippen molar-refractivity contribution in [3.63, 3.8) is 0 Å². The molecule has 0 amide bonds. The minimum absolute atomic E-state index is 0.248. The number of nitrogens with zero attached hydrogens (tertiary/aromatic N) is 2. The predicted octanol–water partition coefficient (Wildman–Crippen LogP) is 1.11. The molecule has 0 radical (unpaired) electrons. The summed E-state index contributed by atoms with van der Waals surface area (Å²) in [6.07, 6.45) is 6.76. The summed E-state index contributed by atoms with van der Waals surface area (Å²) in [4.78, 5) is 14.2. The predicted molar refractivity (Wildman–Crippen MR) is 53.1 cm³/mol. The maximum Gasteiger partial charge on any atom is 0.340 e. The first-order valence-corrected chi connectivity index (χ1v) is 4.53. The molecule has 0 aromatic carbocycles. The second-order valence-corrected chi connectivity index (χ2v) is 3.20. The molecule has 0 saturated heterocycles. The van der Waals surface area contributed by atoms with Gasteiger partial charge in [-0.2, -0.15) is 5.10 Å². The molecule has 0 aliphatic rings. The van der Waals surface area contributed by atoms with Crippen molar-refractivity contribution in [3.05, 3.63) is 42.0 Å². The summed E-state index contributed by atoms with van der Waals surface area (Å²) in [5.74, 6) is -0.333. The van der Waals surface area contributed by atoms with Crippen LogP contribution in [0, 0.1) is 0 Å². The van der Waals surface area contributed by atoms with Gasteiger partial charge < -0.3 is 9.72 Å². The van der Waals surface area contributed by atoms with E-state index in [1.54, 1.807) is 29.3 Å². The summed E-state index contributed by atoms with van der Waals surface area (Å²) >= 11 is 0. The Morgan fingerprint density at radius 2 is 2.53 bits per heavy atom. The third-order valence-electron chi connectivity index (χ3n) is 1.96. The molecule has 0 saturated carbocycles. The first-order valence-electron chi connectivity index (χ1n) is 4.53. The Balaban J connectivity index is 1.91. The van der Waals surface area contributed by atoms with E-state index in [9.17, 15) is 4.79 Å². The molecule has 0 aliphatic carbocycles. The number of ether oxygens (including phenoxy) is 1. The van der Waals surface area contributed by atoms with Gasteiger partial charge in [0.05, 0.1) is 11.8 Å². The highest BCUT2D eigenvalue weighted by atomic mass is 16.5. The number of esters is 1. The van der Waals surface area contributed by atoms with Gasteiger partial charge in [0.2, 0.25) is 0 Å². The van der Waals surface area contributed by atoms with E-state index in [0.29, 0.717) is 5.56 Å². The molecular weight excluding hydrogens is 194 g/mol. The zero-order valence-electron chi connectivity index (χ0n) is 8.30. The average molecular weight is 205 g/mol. The van der Waals surface area contributed by atoms with Crippen molar-refractivity contribution in [2.45, 2.75) is 6.61 Å². The highest BCUT2D eigenvalue weighted by Crippen LogP contribution is 2.04. The number of aromatic amines is 1. The van der Waals surface area contributed by atoms with Crippen molar-refractivity contribution in [1.29, 1.82) is 0 Å². The van der Waals surface area contributed by atoms with Gasteiger partial charge in [-0.1, -0.05) is 0 Å². The Bertz CT molecular complexity index is 445. The van der Waals surface area contributed by atoms with E-state index in [4.69, 9.17) is 4.74 Å². The van der Waals surface area contributed by atoms with Gasteiger partial charge in [-0.15, -0.1) is 0 Å². The molecule has 5 heteroatoms. The molecule has 1 N–H and O–H groups in total. The fraction of sp³-hybridized carbons (Fsp3) is 0.200. The normalized spacial score (nSPS) is 10.2. The van der Waals surface area contributed by atoms with Crippen LogP contribution in [0.15, 0.2) is 30.9 Å². The van der Waals surface area contributed by atoms with Crippen molar-refractivity contribution in [1.82, 2.24) is 14.8 Å². The Hall–Kier alpha value is -2.04. The average Bonchev–Trinajstić information content (AvgIpc) is 2.84. The minimum atomic E-state index is -0.333. The van der Waals surface area contributed by atoms with E-state index >= 15 is 0 Å². The van der Waals surface area contributed by atoms with Gasteiger partial charge >= 0.3 is 5.97 Å². The highest BCUT2D eigenvalue weighted by molar-refractivity contribution is 5.89. The standard InChI is InChI=1S/C10H11N3O2/c1-13-6-8(4-12-13)7-15-10(14)9-2-3-11-5-9/h2-6,11H,7H2,1H3. The smallest absolute Gasteiger partial charge is 0.340 e. The van der Waals surface area contributed by atoms with Crippen LogP contribution in [0.1, 0.15) is 15.9 Å². The second kappa shape index (κ2) is 4.00. The van der Waals surface area contributed by atoms with Crippen LogP contribution in [-0.4, -0.2) is 20.7 Å². The van der Waals surface area contributed by atoms with E-state index in [2.05, 4.69) is 10.1 Å². The summed E-state index contributed by atoms with van der Waals surface area (Å²) in [5, 5.41) is 3.98. The molecule has 2 rings (SSSR count). The lowest BCUT2D eigenvalue weighted by Crippen LogP contribution is -2.03. The summed E-state index contributed by atoms with van der Waals surface area (Å²) < 4.78 is 6.74. The monoisotopic (exact) mass is 205 g/mol. The van der Waals surface area contributed by atoms with Crippen LogP contribution in [0.5, 0.6) is 0 Å². The Labute approximate surface area is 86.7 Å². The Morgan fingerprint density at radius 3 is 3.13 bits per heavy atom. The summed E-state index contributed by atoms with van der Waals surface area (Å²) in [6, 6.07) is 1.67. The van der Waals surface area contributed by atoms with Crippen molar-refractivity contribution < 1.29 is 9.53 Å². The van der Waals surface area contributed by atoms with Crippen molar-refractivity contribution in [2.75, 3.05) is 0 Å². The van der Waals surface area contributed by atoms with Gasteiger partial charge in [-0.25, -0.2) is 4.79 Å². The van der Waals surface area contributed by atoms with Crippen LogP contribution >= 0.6 is 0 Å². The summed E-state index contributed by atoms with van der Waals surface area (Å²) in [5.41, 5.74) is 1.40. The number of rotatable bonds is 3. The Morgan fingerprint density at radius 1 is 1.67 bits per heavy atom. The number of aromatic nitrogens is 3. The van der Waals surface area contributed by atoms with Crippen molar-refractivity contribution >= 4 is 5.97 Å². The number of hydrogen-bond donors (Lipinski definition) is 1. The number of nitrogens with one attached hydrogen (secondary N) is 1. The fourth-order valence-corrected chi connectivity index (χ4v) is 1.23. The van der Waals surface area contributed by atoms with E-state index in [1.165, 1.54) is 0 Å². The number of aryl methyl sites for hydroxylation is 1. The van der Waals surface area contributed by atoms with Gasteiger partial charge in [-0.3, -0.25) is 4.68 Å². The van der Waals surface area contributed by atoms with Crippen LogP contribution in [-0.2, 0) is 18.4 Å². The highest BCUT2D eigenvalue weighted by Gasteiger charge is 2.07. The molecule has 0 fully saturated rings. The lowest BCUT2D eigenvalue weighted by Gasteiger charge is -2.00. The zero-order valence-corrected chi connectivity index (χ0v) is 8.30. The van der Waals surface area contributed by atoms with Crippen molar-refractivity contribution in [3.8, 4) is 0 Å². The summed E-state index contributed by atoms with van der Waals surface area (Å²) in [6.45, 7) is 0.248. The molecule has 0 bridgehead atoms. The van der Waals surface area contributed by atoms with Crippen LogP contribution in [0.25, 0.3) is 0 Å². The van der Waals surface area contributed by atoms with Gasteiger partial charge in [0.15, 0.2) is 0 Å². The van der Waals surface area contributed by atoms with E-state index in [-0.39, 0.29) is 12.6 Å². The molecular formula is C10H11N3O2.